The number of fused-ring (bicyclic) bond motifs is 1. The van der Waals surface area contributed by atoms with Crippen LogP contribution in [0.1, 0.15) is 13.8 Å². The molecule has 0 spiro atoms. The van der Waals surface area contributed by atoms with Crippen molar-refractivity contribution in [3.8, 4) is 22.6 Å². The van der Waals surface area contributed by atoms with Gasteiger partial charge in [-0.05, 0) is 6.92 Å². The van der Waals surface area contributed by atoms with E-state index in [0.29, 0.717) is 12.4 Å². The lowest BCUT2D eigenvalue weighted by Crippen LogP contribution is -2.00. The van der Waals surface area contributed by atoms with Crippen molar-refractivity contribution in [1.82, 2.24) is 0 Å². The highest BCUT2D eigenvalue weighted by atomic mass is 16.5. The van der Waals surface area contributed by atoms with Crippen LogP contribution < -0.4 is 9.47 Å². The van der Waals surface area contributed by atoms with Crippen molar-refractivity contribution in [3.05, 3.63) is 36.4 Å². The molecule has 0 aromatic carbocycles. The van der Waals surface area contributed by atoms with Gasteiger partial charge >= 0.3 is 5.97 Å². The fourth-order valence-corrected chi connectivity index (χ4v) is 1.77. The Balaban J connectivity index is 2.51. The average molecular weight is 230 g/mol. The molecule has 3 nitrogen and oxygen atoms in total. The summed E-state index contributed by atoms with van der Waals surface area (Å²) in [5, 5.41) is 0. The largest absolute Gasteiger partial charge is 0.493 e. The Hall–Kier alpha value is -2.03. The van der Waals surface area contributed by atoms with E-state index in [4.69, 9.17) is 9.47 Å². The summed E-state index contributed by atoms with van der Waals surface area (Å²) in [4.78, 5) is 11.0. The SMILES string of the molecule is CCOc1cc(OC(C)=O)c2cccccc1-2. The van der Waals surface area contributed by atoms with Crippen LogP contribution in [0.5, 0.6) is 11.5 Å². The number of rotatable bonds is 3. The molecule has 0 bridgehead atoms. The molecular weight excluding hydrogens is 216 g/mol. The van der Waals surface area contributed by atoms with Gasteiger partial charge in [0.05, 0.1) is 6.61 Å². The van der Waals surface area contributed by atoms with Crippen LogP contribution in [0.3, 0.4) is 0 Å². The first kappa shape index (κ1) is 11.5. The van der Waals surface area contributed by atoms with Crippen molar-refractivity contribution >= 4 is 5.97 Å². The molecule has 0 N–H and O–H groups in total. The van der Waals surface area contributed by atoms with Gasteiger partial charge in [0.15, 0.2) is 0 Å². The maximum absolute atomic E-state index is 11.0. The summed E-state index contributed by atoms with van der Waals surface area (Å²) in [6.45, 7) is 3.90. The summed E-state index contributed by atoms with van der Waals surface area (Å²) >= 11 is 0. The van der Waals surface area contributed by atoms with Crippen molar-refractivity contribution in [2.75, 3.05) is 6.61 Å². The lowest BCUT2D eigenvalue weighted by molar-refractivity contribution is -0.131. The maximum Gasteiger partial charge on any atom is 0.308 e. The third kappa shape index (κ3) is 2.38. The lowest BCUT2D eigenvalue weighted by atomic mass is 10.2. The van der Waals surface area contributed by atoms with Gasteiger partial charge in [-0.1, -0.05) is 30.3 Å². The molecule has 0 aromatic heterocycles. The van der Waals surface area contributed by atoms with E-state index < -0.39 is 0 Å². The number of ether oxygens (including phenoxy) is 2. The van der Waals surface area contributed by atoms with E-state index in [0.717, 1.165) is 16.9 Å². The van der Waals surface area contributed by atoms with Gasteiger partial charge in [-0.2, -0.15) is 0 Å². The standard InChI is InChI=1S/C14H14O3/c1-3-16-13-9-14(17-10(2)15)12-8-6-4-5-7-11(12)13/h4-9H,3H2,1-2H3. The molecule has 3 heteroatoms. The molecular formula is C14H14O3. The molecule has 2 aliphatic carbocycles. The molecule has 0 saturated carbocycles. The molecule has 0 atom stereocenters. The quantitative estimate of drug-likeness (QED) is 0.760. The predicted molar refractivity (Wildman–Crippen MR) is 65.5 cm³/mol. The topological polar surface area (TPSA) is 35.5 Å². The predicted octanol–water partition coefficient (Wildman–Crippen LogP) is 3.12. The Morgan fingerprint density at radius 2 is 1.76 bits per heavy atom. The molecule has 88 valence electrons. The van der Waals surface area contributed by atoms with Crippen molar-refractivity contribution < 1.29 is 14.3 Å². The average Bonchev–Trinajstić information content (AvgIpc) is 2.50. The summed E-state index contributed by atoms with van der Waals surface area (Å²) in [6.07, 6.45) is 0. The van der Waals surface area contributed by atoms with Crippen molar-refractivity contribution in [2.45, 2.75) is 13.8 Å². The molecule has 0 amide bonds. The number of carbonyl (C=O) groups excluding carboxylic acids is 1. The lowest BCUT2D eigenvalue weighted by Gasteiger charge is -2.01. The van der Waals surface area contributed by atoms with Crippen LogP contribution in [-0.2, 0) is 4.79 Å². The first-order chi connectivity index (χ1) is 8.22. The van der Waals surface area contributed by atoms with Gasteiger partial charge in [-0.25, -0.2) is 0 Å². The Bertz CT molecular complexity index is 505. The van der Waals surface area contributed by atoms with E-state index in [1.54, 1.807) is 6.07 Å². The molecule has 0 fully saturated rings. The van der Waals surface area contributed by atoms with Crippen LogP contribution in [0.25, 0.3) is 11.1 Å². The van der Waals surface area contributed by atoms with Crippen LogP contribution in [-0.4, -0.2) is 12.6 Å². The van der Waals surface area contributed by atoms with Gasteiger partial charge in [0.25, 0.3) is 0 Å². The fourth-order valence-electron chi connectivity index (χ4n) is 1.77. The summed E-state index contributed by atoms with van der Waals surface area (Å²) in [5.41, 5.74) is 1.83. The molecule has 0 heterocycles. The van der Waals surface area contributed by atoms with Crippen molar-refractivity contribution in [3.63, 3.8) is 0 Å². The Morgan fingerprint density at radius 3 is 2.35 bits per heavy atom. The second-order valence-corrected chi connectivity index (χ2v) is 3.64. The van der Waals surface area contributed by atoms with E-state index in [-0.39, 0.29) is 5.97 Å². The highest BCUT2D eigenvalue weighted by molar-refractivity contribution is 5.83. The van der Waals surface area contributed by atoms with E-state index >= 15 is 0 Å². The molecule has 0 aliphatic heterocycles. The summed E-state index contributed by atoms with van der Waals surface area (Å²) in [7, 11) is 0. The monoisotopic (exact) mass is 230 g/mol. The molecule has 17 heavy (non-hydrogen) atoms. The number of hydrogen-bond donors (Lipinski definition) is 0. The highest BCUT2D eigenvalue weighted by Crippen LogP contribution is 2.42. The van der Waals surface area contributed by atoms with Gasteiger partial charge in [0.1, 0.15) is 11.5 Å². The molecule has 0 radical (unpaired) electrons. The molecule has 0 saturated heterocycles. The van der Waals surface area contributed by atoms with Crippen molar-refractivity contribution in [2.24, 2.45) is 0 Å². The maximum atomic E-state index is 11.0. The Kier molecular flexibility index (Phi) is 3.28. The van der Waals surface area contributed by atoms with E-state index in [9.17, 15) is 4.79 Å². The normalized spacial score (nSPS) is 10.2. The first-order valence-corrected chi connectivity index (χ1v) is 5.55. The first-order valence-electron chi connectivity index (χ1n) is 5.55. The number of esters is 1. The smallest absolute Gasteiger partial charge is 0.308 e. The third-order valence-electron chi connectivity index (χ3n) is 2.38. The van der Waals surface area contributed by atoms with Crippen LogP contribution in [0.15, 0.2) is 36.4 Å². The highest BCUT2D eigenvalue weighted by Gasteiger charge is 2.17. The second kappa shape index (κ2) is 4.87. The summed E-state index contributed by atoms with van der Waals surface area (Å²) in [5.74, 6) is 0.966. The zero-order valence-corrected chi connectivity index (χ0v) is 9.90. The van der Waals surface area contributed by atoms with Gasteiger partial charge in [-0.15, -0.1) is 0 Å². The summed E-state index contributed by atoms with van der Waals surface area (Å²) < 4.78 is 10.7. The van der Waals surface area contributed by atoms with Gasteiger partial charge < -0.3 is 9.47 Å². The molecule has 0 unspecified atom stereocenters. The molecule has 2 aliphatic rings. The minimum atomic E-state index is -0.327. The molecule has 2 rings (SSSR count). The minimum absolute atomic E-state index is 0.327. The van der Waals surface area contributed by atoms with Crippen LogP contribution in [0.2, 0.25) is 0 Å². The van der Waals surface area contributed by atoms with E-state index in [2.05, 4.69) is 0 Å². The zero-order chi connectivity index (χ0) is 12.3. The van der Waals surface area contributed by atoms with E-state index in [1.165, 1.54) is 6.92 Å². The second-order valence-electron chi connectivity index (χ2n) is 3.64. The van der Waals surface area contributed by atoms with Crippen LogP contribution in [0.4, 0.5) is 0 Å². The van der Waals surface area contributed by atoms with Gasteiger partial charge in [0, 0.05) is 24.1 Å². The zero-order valence-electron chi connectivity index (χ0n) is 9.90. The van der Waals surface area contributed by atoms with Gasteiger partial charge in [-0.3, -0.25) is 4.79 Å². The van der Waals surface area contributed by atoms with Crippen LogP contribution >= 0.6 is 0 Å². The minimum Gasteiger partial charge on any atom is -0.493 e. The fraction of sp³-hybridized carbons (Fsp3) is 0.214. The number of carbonyl (C=O) groups is 1. The number of hydrogen-bond acceptors (Lipinski definition) is 3. The Morgan fingerprint density at radius 1 is 1.12 bits per heavy atom. The van der Waals surface area contributed by atoms with Gasteiger partial charge in [0.2, 0.25) is 0 Å². The molecule has 0 aromatic rings. The van der Waals surface area contributed by atoms with Crippen LogP contribution in [0, 0.1) is 0 Å². The Labute approximate surface area is 100 Å². The third-order valence-corrected chi connectivity index (χ3v) is 2.38. The summed E-state index contributed by atoms with van der Waals surface area (Å²) in [6, 6.07) is 11.4. The van der Waals surface area contributed by atoms with E-state index in [1.807, 2.05) is 37.3 Å². The van der Waals surface area contributed by atoms with Crippen molar-refractivity contribution in [1.29, 1.82) is 0 Å².